The van der Waals surface area contributed by atoms with Crippen LogP contribution in [0.15, 0.2) is 30.3 Å². The minimum atomic E-state index is -0.0274. The molecule has 2 aromatic rings. The zero-order valence-corrected chi connectivity index (χ0v) is 12.1. The van der Waals surface area contributed by atoms with Crippen LogP contribution in [-0.2, 0) is 6.42 Å². The zero-order chi connectivity index (χ0) is 14.5. The molecule has 1 aromatic carbocycles. The topological polar surface area (TPSA) is 54.1 Å². The highest BCUT2D eigenvalue weighted by Crippen LogP contribution is 2.12. The molecule has 0 unspecified atom stereocenters. The predicted molar refractivity (Wildman–Crippen MR) is 79.3 cm³/mol. The van der Waals surface area contributed by atoms with Crippen LogP contribution in [0.4, 0.5) is 0 Å². The van der Waals surface area contributed by atoms with Crippen LogP contribution in [0.3, 0.4) is 0 Å². The van der Waals surface area contributed by atoms with Crippen LogP contribution in [0, 0.1) is 13.8 Å². The number of aromatic amines is 1. The number of nitrogens with one attached hydrogen (secondary N) is 2. The highest BCUT2D eigenvalue weighted by atomic mass is 16.5. The van der Waals surface area contributed by atoms with Gasteiger partial charge in [0.15, 0.2) is 0 Å². The minimum Gasteiger partial charge on any atom is -0.497 e. The Morgan fingerprint density at radius 2 is 1.95 bits per heavy atom. The molecule has 0 aliphatic heterocycles. The van der Waals surface area contributed by atoms with Crippen molar-refractivity contribution in [2.75, 3.05) is 13.7 Å². The Labute approximate surface area is 119 Å². The van der Waals surface area contributed by atoms with Crippen LogP contribution in [0.2, 0.25) is 0 Å². The van der Waals surface area contributed by atoms with Crippen molar-refractivity contribution in [1.29, 1.82) is 0 Å². The first kappa shape index (κ1) is 14.2. The van der Waals surface area contributed by atoms with Gasteiger partial charge in [-0.1, -0.05) is 12.1 Å². The third kappa shape index (κ3) is 3.41. The molecule has 20 heavy (non-hydrogen) atoms. The number of carbonyl (C=O) groups is 1. The molecule has 2 N–H and O–H groups in total. The lowest BCUT2D eigenvalue weighted by molar-refractivity contribution is 0.0953. The maximum Gasteiger partial charge on any atom is 0.253 e. The molecule has 106 valence electrons. The van der Waals surface area contributed by atoms with Crippen molar-refractivity contribution >= 4 is 5.91 Å². The van der Waals surface area contributed by atoms with Gasteiger partial charge in [0.2, 0.25) is 0 Å². The van der Waals surface area contributed by atoms with Crippen molar-refractivity contribution < 1.29 is 9.53 Å². The van der Waals surface area contributed by atoms with Gasteiger partial charge in [0.05, 0.1) is 12.7 Å². The smallest absolute Gasteiger partial charge is 0.253 e. The fourth-order valence-electron chi connectivity index (χ4n) is 2.17. The number of aromatic nitrogens is 1. The average molecular weight is 272 g/mol. The number of hydrogen-bond donors (Lipinski definition) is 2. The number of benzene rings is 1. The van der Waals surface area contributed by atoms with Gasteiger partial charge in [-0.2, -0.15) is 0 Å². The Morgan fingerprint density at radius 3 is 2.50 bits per heavy atom. The molecule has 4 nitrogen and oxygen atoms in total. The Hall–Kier alpha value is -2.23. The molecule has 1 aromatic heterocycles. The molecule has 4 heteroatoms. The van der Waals surface area contributed by atoms with Crippen LogP contribution < -0.4 is 10.1 Å². The molecule has 2 rings (SSSR count). The summed E-state index contributed by atoms with van der Waals surface area (Å²) in [6.45, 7) is 4.47. The molecular formula is C16H20N2O2. The van der Waals surface area contributed by atoms with Crippen molar-refractivity contribution in [3.8, 4) is 5.75 Å². The molecule has 0 bridgehead atoms. The maximum atomic E-state index is 12.0. The van der Waals surface area contributed by atoms with Gasteiger partial charge in [-0.05, 0) is 44.0 Å². The monoisotopic (exact) mass is 272 g/mol. The lowest BCUT2D eigenvalue weighted by atomic mass is 10.1. The van der Waals surface area contributed by atoms with E-state index in [0.29, 0.717) is 6.54 Å². The second-order valence-corrected chi connectivity index (χ2v) is 4.85. The van der Waals surface area contributed by atoms with E-state index in [-0.39, 0.29) is 5.91 Å². The van der Waals surface area contributed by atoms with Crippen molar-refractivity contribution in [2.45, 2.75) is 20.3 Å². The summed E-state index contributed by atoms with van der Waals surface area (Å²) in [7, 11) is 1.65. The molecular weight excluding hydrogens is 252 g/mol. The summed E-state index contributed by atoms with van der Waals surface area (Å²) in [5.41, 5.74) is 3.80. The molecule has 0 saturated heterocycles. The molecule has 0 radical (unpaired) electrons. The van der Waals surface area contributed by atoms with Gasteiger partial charge in [0, 0.05) is 17.9 Å². The van der Waals surface area contributed by atoms with E-state index in [1.807, 2.05) is 44.2 Å². The lowest BCUT2D eigenvalue weighted by Gasteiger charge is -2.06. The predicted octanol–water partition coefficient (Wildman–Crippen LogP) is 2.61. The zero-order valence-electron chi connectivity index (χ0n) is 12.1. The van der Waals surface area contributed by atoms with Gasteiger partial charge < -0.3 is 15.0 Å². The SMILES string of the molecule is COc1ccc(CCNC(=O)c2cc(C)[nH]c2C)cc1. The van der Waals surface area contributed by atoms with Crippen LogP contribution in [0.5, 0.6) is 5.75 Å². The Balaban J connectivity index is 1.86. The van der Waals surface area contributed by atoms with Crippen molar-refractivity contribution in [3.05, 3.63) is 52.8 Å². The first-order valence-corrected chi connectivity index (χ1v) is 6.67. The second-order valence-electron chi connectivity index (χ2n) is 4.85. The van der Waals surface area contributed by atoms with Gasteiger partial charge in [-0.25, -0.2) is 0 Å². The van der Waals surface area contributed by atoms with Gasteiger partial charge >= 0.3 is 0 Å². The number of amides is 1. The lowest BCUT2D eigenvalue weighted by Crippen LogP contribution is -2.25. The van der Waals surface area contributed by atoms with E-state index in [2.05, 4.69) is 10.3 Å². The number of hydrogen-bond acceptors (Lipinski definition) is 2. The fourth-order valence-corrected chi connectivity index (χ4v) is 2.17. The third-order valence-corrected chi connectivity index (χ3v) is 3.25. The van der Waals surface area contributed by atoms with Crippen LogP contribution in [0.1, 0.15) is 27.3 Å². The van der Waals surface area contributed by atoms with Crippen LogP contribution in [0.25, 0.3) is 0 Å². The maximum absolute atomic E-state index is 12.0. The molecule has 0 aliphatic carbocycles. The first-order valence-electron chi connectivity index (χ1n) is 6.67. The summed E-state index contributed by atoms with van der Waals surface area (Å²) in [6.07, 6.45) is 0.804. The second kappa shape index (κ2) is 6.28. The number of ether oxygens (including phenoxy) is 1. The van der Waals surface area contributed by atoms with E-state index in [4.69, 9.17) is 4.74 Å². The van der Waals surface area contributed by atoms with Gasteiger partial charge in [0.25, 0.3) is 5.91 Å². The van der Waals surface area contributed by atoms with Gasteiger partial charge in [0.1, 0.15) is 5.75 Å². The molecule has 0 spiro atoms. The van der Waals surface area contributed by atoms with Crippen LogP contribution >= 0.6 is 0 Å². The normalized spacial score (nSPS) is 10.3. The standard InChI is InChI=1S/C16H20N2O2/c1-11-10-15(12(2)18-11)16(19)17-9-8-13-4-6-14(20-3)7-5-13/h4-7,10,18H,8-9H2,1-3H3,(H,17,19). The highest BCUT2D eigenvalue weighted by molar-refractivity contribution is 5.95. The summed E-state index contributed by atoms with van der Waals surface area (Å²) >= 11 is 0. The molecule has 0 saturated carbocycles. The highest BCUT2D eigenvalue weighted by Gasteiger charge is 2.10. The van der Waals surface area contributed by atoms with E-state index in [0.717, 1.165) is 29.1 Å². The van der Waals surface area contributed by atoms with Gasteiger partial charge in [-0.3, -0.25) is 4.79 Å². The summed E-state index contributed by atoms with van der Waals surface area (Å²) in [4.78, 5) is 15.2. The van der Waals surface area contributed by atoms with Crippen molar-refractivity contribution in [1.82, 2.24) is 10.3 Å². The number of methoxy groups -OCH3 is 1. The summed E-state index contributed by atoms with van der Waals surface area (Å²) < 4.78 is 5.11. The number of aryl methyl sites for hydroxylation is 2. The molecule has 1 heterocycles. The summed E-state index contributed by atoms with van der Waals surface area (Å²) in [6, 6.07) is 9.75. The fraction of sp³-hybridized carbons (Fsp3) is 0.312. The Morgan fingerprint density at radius 1 is 1.25 bits per heavy atom. The number of carbonyl (C=O) groups excluding carboxylic acids is 1. The average Bonchev–Trinajstić information content (AvgIpc) is 2.78. The van der Waals surface area contributed by atoms with E-state index in [1.54, 1.807) is 7.11 Å². The van der Waals surface area contributed by atoms with Crippen LogP contribution in [-0.4, -0.2) is 24.5 Å². The van der Waals surface area contributed by atoms with E-state index >= 15 is 0 Å². The van der Waals surface area contributed by atoms with E-state index in [1.165, 1.54) is 5.56 Å². The number of rotatable bonds is 5. The quantitative estimate of drug-likeness (QED) is 0.879. The van der Waals surface area contributed by atoms with Gasteiger partial charge in [-0.15, -0.1) is 0 Å². The summed E-state index contributed by atoms with van der Waals surface area (Å²) in [5.74, 6) is 0.816. The van der Waals surface area contributed by atoms with E-state index < -0.39 is 0 Å². The molecule has 0 fully saturated rings. The minimum absolute atomic E-state index is 0.0274. The van der Waals surface area contributed by atoms with Crippen molar-refractivity contribution in [2.24, 2.45) is 0 Å². The Bertz CT molecular complexity index is 585. The first-order chi connectivity index (χ1) is 9.60. The molecule has 0 aliphatic rings. The Kier molecular flexibility index (Phi) is 4.45. The number of H-pyrrole nitrogens is 1. The third-order valence-electron chi connectivity index (χ3n) is 3.25. The summed E-state index contributed by atoms with van der Waals surface area (Å²) in [5, 5.41) is 2.94. The molecule has 0 atom stereocenters. The molecule has 1 amide bonds. The van der Waals surface area contributed by atoms with E-state index in [9.17, 15) is 4.79 Å². The largest absolute Gasteiger partial charge is 0.497 e. The van der Waals surface area contributed by atoms with Crippen molar-refractivity contribution in [3.63, 3.8) is 0 Å².